The van der Waals surface area contributed by atoms with Crippen LogP contribution < -0.4 is 0 Å². The van der Waals surface area contributed by atoms with Crippen LogP contribution in [0.2, 0.25) is 0 Å². The van der Waals surface area contributed by atoms with Crippen molar-refractivity contribution in [2.75, 3.05) is 6.61 Å². The van der Waals surface area contributed by atoms with Crippen LogP contribution in [-0.2, 0) is 0 Å². The molecule has 19 heavy (non-hydrogen) atoms. The molecule has 0 saturated carbocycles. The molecule has 1 aromatic heterocycles. The Balaban J connectivity index is 2.69. The molecule has 0 spiro atoms. The van der Waals surface area contributed by atoms with Crippen molar-refractivity contribution >= 4 is 6.08 Å². The molecule has 0 fully saturated rings. The monoisotopic (exact) mass is 258 g/mol. The SMILES string of the molecule is CC(/C=C/c1c(C)coc1C)=C\C=C\C(C)=C\CO. The second kappa shape index (κ2) is 7.59. The average molecular weight is 258 g/mol. The van der Waals surface area contributed by atoms with Crippen molar-refractivity contribution < 1.29 is 9.52 Å². The normalized spacial score (nSPS) is 13.9. The van der Waals surface area contributed by atoms with Crippen LogP contribution in [0.1, 0.15) is 30.7 Å². The van der Waals surface area contributed by atoms with Gasteiger partial charge in [-0.15, -0.1) is 0 Å². The van der Waals surface area contributed by atoms with Gasteiger partial charge in [-0.2, -0.15) is 0 Å². The highest BCUT2D eigenvalue weighted by molar-refractivity contribution is 5.57. The molecule has 1 rings (SSSR count). The molecule has 1 N–H and O–H groups in total. The van der Waals surface area contributed by atoms with Crippen molar-refractivity contribution in [2.45, 2.75) is 27.7 Å². The van der Waals surface area contributed by atoms with Crippen LogP contribution in [0.4, 0.5) is 0 Å². The molecule has 2 heteroatoms. The summed E-state index contributed by atoms with van der Waals surface area (Å²) in [5.74, 6) is 0.943. The van der Waals surface area contributed by atoms with E-state index in [0.29, 0.717) is 0 Å². The third-order valence-electron chi connectivity index (χ3n) is 2.86. The number of allylic oxidation sites excluding steroid dienone is 6. The van der Waals surface area contributed by atoms with Crippen LogP contribution in [0.15, 0.2) is 52.2 Å². The van der Waals surface area contributed by atoms with E-state index in [1.54, 1.807) is 12.3 Å². The minimum absolute atomic E-state index is 0.0812. The third kappa shape index (κ3) is 5.14. The zero-order chi connectivity index (χ0) is 14.3. The summed E-state index contributed by atoms with van der Waals surface area (Å²) >= 11 is 0. The van der Waals surface area contributed by atoms with Crippen molar-refractivity contribution in [3.8, 4) is 0 Å². The first-order valence-electron chi connectivity index (χ1n) is 6.40. The maximum absolute atomic E-state index is 8.74. The van der Waals surface area contributed by atoms with Crippen LogP contribution in [-0.4, -0.2) is 11.7 Å². The maximum atomic E-state index is 8.74. The smallest absolute Gasteiger partial charge is 0.108 e. The Hall–Kier alpha value is -1.80. The van der Waals surface area contributed by atoms with Gasteiger partial charge in [0.05, 0.1) is 12.9 Å². The molecule has 0 atom stereocenters. The van der Waals surface area contributed by atoms with E-state index in [1.807, 2.05) is 39.0 Å². The van der Waals surface area contributed by atoms with Gasteiger partial charge in [-0.25, -0.2) is 0 Å². The molecule has 2 nitrogen and oxygen atoms in total. The van der Waals surface area contributed by atoms with Gasteiger partial charge in [0.25, 0.3) is 0 Å². The minimum atomic E-state index is 0.0812. The first-order valence-corrected chi connectivity index (χ1v) is 6.40. The Kier molecular flexibility index (Phi) is 6.10. The molecule has 0 aliphatic rings. The maximum Gasteiger partial charge on any atom is 0.108 e. The van der Waals surface area contributed by atoms with Crippen LogP contribution in [0.3, 0.4) is 0 Å². The van der Waals surface area contributed by atoms with Crippen molar-refractivity contribution in [1.29, 1.82) is 0 Å². The van der Waals surface area contributed by atoms with E-state index in [1.165, 1.54) is 0 Å². The second-order valence-electron chi connectivity index (χ2n) is 4.62. The molecular formula is C17H22O2. The van der Waals surface area contributed by atoms with E-state index in [9.17, 15) is 0 Å². The van der Waals surface area contributed by atoms with Crippen molar-refractivity contribution in [1.82, 2.24) is 0 Å². The standard InChI is InChI=1S/C17H22O2/c1-13(6-5-7-14(2)10-11-18)8-9-17-15(3)12-19-16(17)4/h5-10,12,18H,11H2,1-4H3/b7-5+,9-8+,13-6+,14-10+. The Bertz CT molecular complexity index is 506. The van der Waals surface area contributed by atoms with Crippen LogP contribution in [0.25, 0.3) is 6.08 Å². The van der Waals surface area contributed by atoms with Crippen LogP contribution >= 0.6 is 0 Å². The van der Waals surface area contributed by atoms with Gasteiger partial charge in [0.1, 0.15) is 5.76 Å². The van der Waals surface area contributed by atoms with E-state index in [-0.39, 0.29) is 6.61 Å². The van der Waals surface area contributed by atoms with E-state index in [4.69, 9.17) is 9.52 Å². The Morgan fingerprint density at radius 2 is 1.95 bits per heavy atom. The number of aliphatic hydroxyl groups excluding tert-OH is 1. The molecule has 0 aromatic carbocycles. The highest BCUT2D eigenvalue weighted by Gasteiger charge is 2.01. The number of rotatable bonds is 5. The van der Waals surface area contributed by atoms with Gasteiger partial charge in [0, 0.05) is 5.56 Å². The first-order chi connectivity index (χ1) is 9.04. The lowest BCUT2D eigenvalue weighted by Crippen LogP contribution is -1.76. The predicted molar refractivity (Wildman–Crippen MR) is 81.0 cm³/mol. The fraction of sp³-hybridized carbons (Fsp3) is 0.294. The molecule has 0 aliphatic heterocycles. The molecule has 0 saturated heterocycles. The summed E-state index contributed by atoms with van der Waals surface area (Å²) in [6.07, 6.45) is 13.7. The minimum Gasteiger partial charge on any atom is -0.469 e. The van der Waals surface area contributed by atoms with E-state index in [0.717, 1.165) is 28.0 Å². The molecule has 0 bridgehead atoms. The molecule has 1 heterocycles. The quantitative estimate of drug-likeness (QED) is 0.796. The average Bonchev–Trinajstić information content (AvgIpc) is 2.67. The number of hydrogen-bond donors (Lipinski definition) is 1. The number of furan rings is 1. The molecular weight excluding hydrogens is 236 g/mol. The Morgan fingerprint density at radius 3 is 2.53 bits per heavy atom. The lowest BCUT2D eigenvalue weighted by Gasteiger charge is -1.93. The van der Waals surface area contributed by atoms with Crippen LogP contribution in [0, 0.1) is 13.8 Å². The summed E-state index contributed by atoms with van der Waals surface area (Å²) in [5.41, 5.74) is 4.51. The van der Waals surface area contributed by atoms with Gasteiger partial charge in [-0.1, -0.05) is 47.6 Å². The topological polar surface area (TPSA) is 33.4 Å². The lowest BCUT2D eigenvalue weighted by molar-refractivity contribution is 0.342. The second-order valence-corrected chi connectivity index (χ2v) is 4.62. The summed E-state index contributed by atoms with van der Waals surface area (Å²) in [6, 6.07) is 0. The van der Waals surface area contributed by atoms with Gasteiger partial charge in [-0.05, 0) is 33.3 Å². The number of aryl methyl sites for hydroxylation is 2. The van der Waals surface area contributed by atoms with Gasteiger partial charge < -0.3 is 9.52 Å². The van der Waals surface area contributed by atoms with E-state index < -0.39 is 0 Å². The Labute approximate surface area is 115 Å². The fourth-order valence-corrected chi connectivity index (χ4v) is 1.66. The summed E-state index contributed by atoms with van der Waals surface area (Å²) in [7, 11) is 0. The first kappa shape index (κ1) is 15.3. The van der Waals surface area contributed by atoms with Gasteiger partial charge in [0.2, 0.25) is 0 Å². The lowest BCUT2D eigenvalue weighted by atomic mass is 10.1. The number of aliphatic hydroxyl groups is 1. The zero-order valence-electron chi connectivity index (χ0n) is 12.1. The summed E-state index contributed by atoms with van der Waals surface area (Å²) in [6.45, 7) is 8.10. The van der Waals surface area contributed by atoms with Gasteiger partial charge >= 0.3 is 0 Å². The predicted octanol–water partition coefficient (Wildman–Crippen LogP) is 4.35. The van der Waals surface area contributed by atoms with Crippen LogP contribution in [0.5, 0.6) is 0 Å². The summed E-state index contributed by atoms with van der Waals surface area (Å²) in [4.78, 5) is 0. The van der Waals surface area contributed by atoms with Gasteiger partial charge in [0.15, 0.2) is 0 Å². The number of hydrogen-bond acceptors (Lipinski definition) is 2. The highest BCUT2D eigenvalue weighted by Crippen LogP contribution is 2.17. The Morgan fingerprint density at radius 1 is 1.21 bits per heavy atom. The van der Waals surface area contributed by atoms with Gasteiger partial charge in [-0.3, -0.25) is 0 Å². The molecule has 0 unspecified atom stereocenters. The molecule has 0 aliphatic carbocycles. The fourth-order valence-electron chi connectivity index (χ4n) is 1.66. The largest absolute Gasteiger partial charge is 0.469 e. The van der Waals surface area contributed by atoms with E-state index >= 15 is 0 Å². The van der Waals surface area contributed by atoms with Crippen molar-refractivity contribution in [3.63, 3.8) is 0 Å². The molecule has 0 amide bonds. The molecule has 102 valence electrons. The van der Waals surface area contributed by atoms with Crippen molar-refractivity contribution in [2.24, 2.45) is 0 Å². The molecule has 1 aromatic rings. The highest BCUT2D eigenvalue weighted by atomic mass is 16.3. The van der Waals surface area contributed by atoms with E-state index in [2.05, 4.69) is 19.1 Å². The summed E-state index contributed by atoms with van der Waals surface area (Å²) in [5, 5.41) is 8.74. The van der Waals surface area contributed by atoms with Crippen molar-refractivity contribution in [3.05, 3.63) is 64.7 Å². The zero-order valence-corrected chi connectivity index (χ0v) is 12.1. The molecule has 0 radical (unpaired) electrons. The summed E-state index contributed by atoms with van der Waals surface area (Å²) < 4.78 is 5.35. The third-order valence-corrected chi connectivity index (χ3v) is 2.86.